The molecule has 0 atom stereocenters. The van der Waals surface area contributed by atoms with Gasteiger partial charge in [0.2, 0.25) is 0 Å². The maximum atomic E-state index is 10.2. The smallest absolute Gasteiger partial charge is 0.295 e. The van der Waals surface area contributed by atoms with Gasteiger partial charge in [-0.3, -0.25) is 20.2 Å². The number of nitro groups is 2. The average molecular weight is 292 g/mol. The van der Waals surface area contributed by atoms with Crippen molar-refractivity contribution in [2.75, 3.05) is 11.5 Å². The molecular weight excluding hydrogens is 280 g/mol. The van der Waals surface area contributed by atoms with Crippen molar-refractivity contribution in [3.05, 3.63) is 62.7 Å². The lowest BCUT2D eigenvalue weighted by Gasteiger charge is -1.97. The molecule has 0 amide bonds. The van der Waals surface area contributed by atoms with Gasteiger partial charge in [-0.05, 0) is 12.1 Å². The molecule has 0 aromatic heterocycles. The number of hydrogen-bond acceptors (Lipinski definition) is 7. The van der Waals surface area contributed by atoms with Crippen molar-refractivity contribution in [3.8, 4) is 5.75 Å². The van der Waals surface area contributed by atoms with Crippen LogP contribution >= 0.6 is 0 Å². The molecule has 5 N–H and O–H groups in total. The van der Waals surface area contributed by atoms with E-state index in [9.17, 15) is 20.2 Å². The number of hydrogen-bond donors (Lipinski definition) is 3. The molecule has 2 aromatic carbocycles. The van der Waals surface area contributed by atoms with E-state index in [-0.39, 0.29) is 28.5 Å². The predicted molar refractivity (Wildman–Crippen MR) is 76.7 cm³/mol. The van der Waals surface area contributed by atoms with E-state index in [1.807, 2.05) is 0 Å². The Morgan fingerprint density at radius 2 is 1.38 bits per heavy atom. The second kappa shape index (κ2) is 6.70. The van der Waals surface area contributed by atoms with Gasteiger partial charge in [0.1, 0.15) is 11.4 Å². The first-order valence-corrected chi connectivity index (χ1v) is 5.55. The van der Waals surface area contributed by atoms with E-state index in [0.29, 0.717) is 0 Å². The largest absolute Gasteiger partial charge is 0.506 e. The van der Waals surface area contributed by atoms with Crippen molar-refractivity contribution < 1.29 is 15.0 Å². The fourth-order valence-electron chi connectivity index (χ4n) is 1.35. The van der Waals surface area contributed by atoms with Gasteiger partial charge in [-0.2, -0.15) is 0 Å². The highest BCUT2D eigenvalue weighted by Crippen LogP contribution is 2.29. The Hall–Kier alpha value is -3.36. The van der Waals surface area contributed by atoms with Crippen LogP contribution in [0.25, 0.3) is 0 Å². The lowest BCUT2D eigenvalue weighted by molar-refractivity contribution is -0.384. The fourth-order valence-corrected chi connectivity index (χ4v) is 1.35. The van der Waals surface area contributed by atoms with Crippen LogP contribution < -0.4 is 11.5 Å². The van der Waals surface area contributed by atoms with Crippen molar-refractivity contribution in [1.82, 2.24) is 0 Å². The number of para-hydroxylation sites is 3. The van der Waals surface area contributed by atoms with E-state index in [4.69, 9.17) is 16.6 Å². The Labute approximate surface area is 118 Å². The zero-order valence-electron chi connectivity index (χ0n) is 10.7. The Kier molecular flexibility index (Phi) is 5.01. The highest BCUT2D eigenvalue weighted by Gasteiger charge is 2.12. The molecule has 0 saturated heterocycles. The Morgan fingerprint density at radius 3 is 1.81 bits per heavy atom. The fraction of sp³-hybridized carbons (Fsp3) is 0. The SMILES string of the molecule is Nc1c(O)cccc1[N+](=O)[O-].Nc1ccccc1[N+](=O)[O-]. The average Bonchev–Trinajstić information content (AvgIpc) is 2.42. The summed E-state index contributed by atoms with van der Waals surface area (Å²) in [6.07, 6.45) is 0. The van der Waals surface area contributed by atoms with Crippen LogP contribution in [0, 0.1) is 20.2 Å². The summed E-state index contributed by atoms with van der Waals surface area (Å²) in [6.45, 7) is 0. The molecule has 2 rings (SSSR count). The van der Waals surface area contributed by atoms with E-state index in [1.54, 1.807) is 12.1 Å². The third-order valence-corrected chi connectivity index (χ3v) is 2.39. The topological polar surface area (TPSA) is 159 Å². The molecular formula is C12H12N4O5. The van der Waals surface area contributed by atoms with Crippen LogP contribution in [0.2, 0.25) is 0 Å². The summed E-state index contributed by atoms with van der Waals surface area (Å²) < 4.78 is 0. The molecule has 9 heteroatoms. The minimum absolute atomic E-state index is 0.0394. The summed E-state index contributed by atoms with van der Waals surface area (Å²) in [5.74, 6) is -0.265. The monoisotopic (exact) mass is 292 g/mol. The molecule has 110 valence electrons. The number of nitrogen functional groups attached to an aromatic ring is 2. The molecule has 0 radical (unpaired) electrons. The van der Waals surface area contributed by atoms with Crippen LogP contribution in [-0.4, -0.2) is 15.0 Å². The highest BCUT2D eigenvalue weighted by molar-refractivity contribution is 5.66. The summed E-state index contributed by atoms with van der Waals surface area (Å²) in [4.78, 5) is 19.2. The van der Waals surface area contributed by atoms with Gasteiger partial charge in [0.25, 0.3) is 11.4 Å². The summed E-state index contributed by atoms with van der Waals surface area (Å²) in [7, 11) is 0. The van der Waals surface area contributed by atoms with Crippen molar-refractivity contribution in [1.29, 1.82) is 0 Å². The van der Waals surface area contributed by atoms with Crippen LogP contribution in [0.5, 0.6) is 5.75 Å². The van der Waals surface area contributed by atoms with Gasteiger partial charge in [0, 0.05) is 12.1 Å². The van der Waals surface area contributed by atoms with Crippen molar-refractivity contribution in [3.63, 3.8) is 0 Å². The highest BCUT2D eigenvalue weighted by atomic mass is 16.6. The number of benzene rings is 2. The van der Waals surface area contributed by atoms with Gasteiger partial charge < -0.3 is 16.6 Å². The molecule has 9 nitrogen and oxygen atoms in total. The number of nitrogens with zero attached hydrogens (tertiary/aromatic N) is 2. The molecule has 0 aliphatic heterocycles. The van der Waals surface area contributed by atoms with E-state index in [1.165, 1.54) is 30.3 Å². The first-order valence-electron chi connectivity index (χ1n) is 5.55. The molecule has 21 heavy (non-hydrogen) atoms. The van der Waals surface area contributed by atoms with Gasteiger partial charge in [0.15, 0.2) is 5.69 Å². The van der Waals surface area contributed by atoms with Crippen molar-refractivity contribution in [2.24, 2.45) is 0 Å². The zero-order valence-corrected chi connectivity index (χ0v) is 10.7. The standard InChI is InChI=1S/C6H6N2O3.C6H6N2O2/c7-6-4(8(10)11)2-1-3-5(6)9;7-5-3-1-2-4-6(5)8(9)10/h1-3,9H,7H2;1-4H,7H2. The van der Waals surface area contributed by atoms with Crippen LogP contribution in [0.3, 0.4) is 0 Å². The first kappa shape index (κ1) is 15.7. The minimum atomic E-state index is -0.644. The van der Waals surface area contributed by atoms with E-state index >= 15 is 0 Å². The minimum Gasteiger partial charge on any atom is -0.506 e. The lowest BCUT2D eigenvalue weighted by atomic mass is 10.2. The lowest BCUT2D eigenvalue weighted by Crippen LogP contribution is -1.94. The van der Waals surface area contributed by atoms with E-state index < -0.39 is 9.85 Å². The van der Waals surface area contributed by atoms with Gasteiger partial charge in [-0.15, -0.1) is 0 Å². The molecule has 0 aliphatic carbocycles. The third kappa shape index (κ3) is 4.06. The number of nitrogens with two attached hydrogens (primary N) is 2. The second-order valence-electron chi connectivity index (χ2n) is 3.78. The zero-order chi connectivity index (χ0) is 16.0. The number of phenols is 1. The Bertz CT molecular complexity index is 674. The second-order valence-corrected chi connectivity index (χ2v) is 3.78. The summed E-state index contributed by atoms with van der Waals surface area (Å²) >= 11 is 0. The van der Waals surface area contributed by atoms with Gasteiger partial charge in [0.05, 0.1) is 9.85 Å². The van der Waals surface area contributed by atoms with Crippen LogP contribution in [-0.2, 0) is 0 Å². The van der Waals surface area contributed by atoms with Crippen LogP contribution in [0.15, 0.2) is 42.5 Å². The Morgan fingerprint density at radius 1 is 0.857 bits per heavy atom. The van der Waals surface area contributed by atoms with E-state index in [0.717, 1.165) is 0 Å². The van der Waals surface area contributed by atoms with E-state index in [2.05, 4.69) is 0 Å². The molecule has 0 aliphatic rings. The molecule has 0 saturated carbocycles. The molecule has 0 bridgehead atoms. The summed E-state index contributed by atoms with van der Waals surface area (Å²) in [6, 6.07) is 9.99. The van der Waals surface area contributed by atoms with Gasteiger partial charge >= 0.3 is 0 Å². The van der Waals surface area contributed by atoms with Crippen molar-refractivity contribution in [2.45, 2.75) is 0 Å². The number of nitro benzene ring substituents is 2. The molecule has 0 heterocycles. The molecule has 0 fully saturated rings. The number of phenolic OH excluding ortho intramolecular Hbond substituents is 1. The number of rotatable bonds is 2. The van der Waals surface area contributed by atoms with Crippen molar-refractivity contribution >= 4 is 22.7 Å². The predicted octanol–water partition coefficient (Wildman–Crippen LogP) is 2.06. The maximum absolute atomic E-state index is 10.2. The number of aromatic hydroxyl groups is 1. The number of anilines is 2. The normalized spacial score (nSPS) is 9.33. The summed E-state index contributed by atoms with van der Waals surface area (Å²) in [5, 5.41) is 29.3. The molecule has 0 spiro atoms. The van der Waals surface area contributed by atoms with Crippen LogP contribution in [0.1, 0.15) is 0 Å². The summed E-state index contributed by atoms with van der Waals surface area (Å²) in [5.41, 5.74) is 10.2. The maximum Gasteiger partial charge on any atom is 0.295 e. The van der Waals surface area contributed by atoms with Gasteiger partial charge in [-0.25, -0.2) is 0 Å². The third-order valence-electron chi connectivity index (χ3n) is 2.39. The van der Waals surface area contributed by atoms with Crippen LogP contribution in [0.4, 0.5) is 22.7 Å². The molecule has 2 aromatic rings. The molecule has 0 unspecified atom stereocenters. The quantitative estimate of drug-likeness (QED) is 0.330. The first-order chi connectivity index (χ1) is 9.84. The Balaban J connectivity index is 0.000000211. The van der Waals surface area contributed by atoms with Gasteiger partial charge in [-0.1, -0.05) is 18.2 Å².